The number of hydrogen-bond acceptors (Lipinski definition) is 16. The lowest BCUT2D eigenvalue weighted by molar-refractivity contribution is 0.0425. The van der Waals surface area contributed by atoms with Gasteiger partial charge in [-0.15, -0.1) is 0 Å². The van der Waals surface area contributed by atoms with Gasteiger partial charge in [0.15, 0.2) is 14.3 Å². The Hall–Kier alpha value is -12.0. The molecule has 444 valence electrons. The maximum absolute atomic E-state index is 15.4. The summed E-state index contributed by atoms with van der Waals surface area (Å²) in [6, 6.07) is 59.7. The SMILES string of the molecule is O=C(O)c1ccc(Oc2ccc(Oc3ccc(C(=O)O)c(C(=O)O)c3)c(P(=O)(c3ccccc3)c3ccccc3)c2)cc1C(=O)O.O=C1OC(=O)c2cc(Oc3ccc(Oc4ccc5c(c4)C(=O)OC5=O)c(P(=O)(c4ccccc4)c4ccccc4)c3)ccc21. The molecule has 2 aliphatic rings. The number of aromatic carboxylic acids is 4. The van der Waals surface area contributed by atoms with E-state index >= 15 is 9.13 Å². The Labute approximate surface area is 509 Å². The Balaban J connectivity index is 0.000000185. The fourth-order valence-electron chi connectivity index (χ4n) is 9.87. The van der Waals surface area contributed by atoms with E-state index in [9.17, 15) is 58.8 Å². The van der Waals surface area contributed by atoms with Gasteiger partial charge in [0, 0.05) is 21.2 Å². The average Bonchev–Trinajstić information content (AvgIpc) is 1.03. The van der Waals surface area contributed by atoms with Crippen LogP contribution in [0.2, 0.25) is 0 Å². The monoisotopic (exact) mass is 1240 g/mol. The highest BCUT2D eigenvalue weighted by Crippen LogP contribution is 2.49. The molecule has 12 rings (SSSR count). The fraction of sp³-hybridized carbons (Fsp3) is 0. The summed E-state index contributed by atoms with van der Waals surface area (Å²) in [6.07, 6.45) is 0. The first kappa shape index (κ1) is 59.7. The van der Waals surface area contributed by atoms with Gasteiger partial charge in [0.1, 0.15) is 46.0 Å². The number of ether oxygens (including phenoxy) is 6. The third kappa shape index (κ3) is 11.8. The van der Waals surface area contributed by atoms with Gasteiger partial charge in [-0.25, -0.2) is 38.4 Å². The lowest BCUT2D eigenvalue weighted by Gasteiger charge is -2.23. The largest absolute Gasteiger partial charge is 0.478 e. The summed E-state index contributed by atoms with van der Waals surface area (Å²) in [6.45, 7) is 0. The van der Waals surface area contributed by atoms with Gasteiger partial charge in [0.25, 0.3) is 0 Å². The van der Waals surface area contributed by atoms with Crippen molar-refractivity contribution in [3.05, 3.63) is 275 Å². The lowest BCUT2D eigenvalue weighted by atomic mass is 10.1. The molecule has 22 heteroatoms. The van der Waals surface area contributed by atoms with Crippen LogP contribution in [0, 0.1) is 0 Å². The highest BCUT2D eigenvalue weighted by atomic mass is 31.2. The first-order valence-corrected chi connectivity index (χ1v) is 30.2. The van der Waals surface area contributed by atoms with Crippen LogP contribution in [0.3, 0.4) is 0 Å². The van der Waals surface area contributed by atoms with E-state index in [-0.39, 0.29) is 73.6 Å². The molecule has 0 amide bonds. The van der Waals surface area contributed by atoms with Gasteiger partial charge in [-0.3, -0.25) is 0 Å². The van der Waals surface area contributed by atoms with Gasteiger partial charge >= 0.3 is 47.8 Å². The van der Waals surface area contributed by atoms with E-state index in [1.54, 1.807) is 127 Å². The molecule has 0 spiro atoms. The van der Waals surface area contributed by atoms with E-state index in [2.05, 4.69) is 4.74 Å². The third-order valence-electron chi connectivity index (χ3n) is 14.1. The summed E-state index contributed by atoms with van der Waals surface area (Å²) in [5, 5.41) is 40.3. The zero-order valence-electron chi connectivity index (χ0n) is 46.2. The van der Waals surface area contributed by atoms with Crippen molar-refractivity contribution in [2.45, 2.75) is 0 Å². The Morgan fingerprint density at radius 1 is 0.289 bits per heavy atom. The normalized spacial score (nSPS) is 12.3. The van der Waals surface area contributed by atoms with E-state index in [4.69, 9.17) is 23.7 Å². The predicted molar refractivity (Wildman–Crippen MR) is 325 cm³/mol. The first-order valence-electron chi connectivity index (χ1n) is 26.8. The molecule has 0 fully saturated rings. The van der Waals surface area contributed by atoms with Crippen molar-refractivity contribution >= 4 is 93.9 Å². The summed E-state index contributed by atoms with van der Waals surface area (Å²) < 4.78 is 64.5. The zero-order chi connectivity index (χ0) is 63.4. The number of carboxylic acids is 4. The Kier molecular flexibility index (Phi) is 16.4. The van der Waals surface area contributed by atoms with Crippen molar-refractivity contribution in [1.82, 2.24) is 0 Å². The van der Waals surface area contributed by atoms with Crippen LogP contribution in [0.1, 0.15) is 82.9 Å². The summed E-state index contributed by atoms with van der Waals surface area (Å²) >= 11 is 0. The smallest absolute Gasteiger partial charge is 0.347 e. The molecule has 10 aromatic rings. The van der Waals surface area contributed by atoms with E-state index in [1.165, 1.54) is 66.7 Å². The second-order valence-corrected chi connectivity index (χ2v) is 25.1. The summed E-state index contributed by atoms with van der Waals surface area (Å²) in [5.74, 6) is -7.77. The van der Waals surface area contributed by atoms with Crippen LogP contribution in [-0.4, -0.2) is 68.2 Å². The minimum atomic E-state index is -3.77. The summed E-state index contributed by atoms with van der Waals surface area (Å²) in [5.41, 5.74) is -1.47. The highest BCUT2D eigenvalue weighted by molar-refractivity contribution is 7.86. The van der Waals surface area contributed by atoms with Crippen LogP contribution < -0.4 is 50.8 Å². The molecule has 0 aliphatic carbocycles. The molecule has 0 saturated heterocycles. The molecule has 0 atom stereocenters. The third-order valence-corrected chi connectivity index (χ3v) is 20.2. The van der Waals surface area contributed by atoms with Crippen LogP contribution in [0.4, 0.5) is 0 Å². The first-order chi connectivity index (χ1) is 43.3. The topological polar surface area (TPSA) is 307 Å². The Morgan fingerprint density at radius 3 is 0.889 bits per heavy atom. The van der Waals surface area contributed by atoms with Gasteiger partial charge in [-0.1, -0.05) is 121 Å². The molecule has 2 aliphatic heterocycles. The molecule has 4 N–H and O–H groups in total. The van der Waals surface area contributed by atoms with Crippen LogP contribution >= 0.6 is 14.3 Å². The molecular weight excluding hydrogens is 1200 g/mol. The Morgan fingerprint density at radius 2 is 0.556 bits per heavy atom. The molecule has 0 saturated carbocycles. The zero-order valence-corrected chi connectivity index (χ0v) is 47.9. The molecule has 10 aromatic carbocycles. The maximum atomic E-state index is 15.4. The number of benzene rings is 10. The number of carbonyl (C=O) groups is 8. The van der Waals surface area contributed by atoms with Gasteiger partial charge in [0.2, 0.25) is 0 Å². The van der Waals surface area contributed by atoms with Crippen molar-refractivity contribution in [2.75, 3.05) is 0 Å². The number of fused-ring (bicyclic) bond motifs is 2. The van der Waals surface area contributed by atoms with Crippen molar-refractivity contribution < 1.29 is 96.3 Å². The van der Waals surface area contributed by atoms with E-state index < -0.39 is 84.3 Å². The van der Waals surface area contributed by atoms with Crippen molar-refractivity contribution in [3.63, 3.8) is 0 Å². The predicted octanol–water partition coefficient (Wildman–Crippen LogP) is 11.2. The second-order valence-electron chi connectivity index (χ2n) is 19.6. The highest BCUT2D eigenvalue weighted by Gasteiger charge is 2.37. The second kappa shape index (κ2) is 24.8. The molecule has 20 nitrogen and oxygen atoms in total. The van der Waals surface area contributed by atoms with Crippen LogP contribution in [0.15, 0.2) is 231 Å². The summed E-state index contributed by atoms with van der Waals surface area (Å²) in [7, 11) is -7.39. The van der Waals surface area contributed by atoms with Crippen molar-refractivity contribution in [2.24, 2.45) is 0 Å². The molecule has 0 unspecified atom stereocenters. The number of rotatable bonds is 18. The van der Waals surface area contributed by atoms with Crippen molar-refractivity contribution in [1.29, 1.82) is 0 Å². The molecule has 0 bridgehead atoms. The minimum absolute atomic E-state index is 0.00775. The molecule has 0 aromatic heterocycles. The van der Waals surface area contributed by atoms with Gasteiger partial charge in [-0.05, 0) is 109 Å². The van der Waals surface area contributed by atoms with Gasteiger partial charge in [-0.2, -0.15) is 0 Å². The number of carbonyl (C=O) groups excluding carboxylic acids is 4. The Bertz CT molecular complexity index is 4620. The van der Waals surface area contributed by atoms with Crippen LogP contribution in [0.5, 0.6) is 46.0 Å². The standard InChI is InChI=1S/C34H23O11P.C34H19O9P/c35-31(36)25-14-11-20(17-27(25)33(39)40)44-22-13-16-29(45-21-12-15-26(32(37)38)28(18-21)34(41)42)30(19-22)46(43,23-7-3-1-4-8-23)24-9-5-2-6-10-24;35-31-25-14-11-20(17-27(25)33(37)42-31)40-22-13-16-29(41-21-12-15-26-28(18-21)34(38)43-32(26)36)30(19-22)44(39,23-7-3-1-4-8-23)24-9-5-2-6-10-24/h1-19H,(H,35,36)(H,37,38)(H,39,40)(H,41,42);1-19H. The minimum Gasteiger partial charge on any atom is -0.478 e. The van der Waals surface area contributed by atoms with E-state index in [1.807, 2.05) is 12.1 Å². The molecule has 2 heterocycles. The lowest BCUT2D eigenvalue weighted by Crippen LogP contribution is -2.26. The maximum Gasteiger partial charge on any atom is 0.347 e. The number of cyclic esters (lactones) is 4. The average molecular weight is 1240 g/mol. The quantitative estimate of drug-likeness (QED) is 0.0352. The van der Waals surface area contributed by atoms with Crippen LogP contribution in [-0.2, 0) is 18.6 Å². The number of carboxylic acid groups (broad SMARTS) is 4. The van der Waals surface area contributed by atoms with Gasteiger partial charge < -0.3 is 58.0 Å². The summed E-state index contributed by atoms with van der Waals surface area (Å²) in [4.78, 5) is 94.8. The number of esters is 4. The number of hydrogen-bond donors (Lipinski definition) is 4. The van der Waals surface area contributed by atoms with Gasteiger partial charge in [0.05, 0.1) is 55.1 Å². The molecular formula is C68H42O20P2. The molecule has 90 heavy (non-hydrogen) atoms. The van der Waals surface area contributed by atoms with E-state index in [0.29, 0.717) is 26.5 Å². The fourth-order valence-corrected chi connectivity index (χ4v) is 15.4. The molecule has 0 radical (unpaired) electrons. The van der Waals surface area contributed by atoms with Crippen LogP contribution in [0.25, 0.3) is 0 Å². The van der Waals surface area contributed by atoms with E-state index in [0.717, 1.165) is 24.3 Å². The van der Waals surface area contributed by atoms with Crippen molar-refractivity contribution in [3.8, 4) is 46.0 Å².